The van der Waals surface area contributed by atoms with Crippen LogP contribution >= 0.6 is 0 Å². The van der Waals surface area contributed by atoms with Crippen molar-refractivity contribution in [1.29, 1.82) is 0 Å². The number of rotatable bonds is 6. The topological polar surface area (TPSA) is 76.1 Å². The number of alkyl halides is 2. The molecule has 6 nitrogen and oxygen atoms in total. The van der Waals surface area contributed by atoms with Crippen molar-refractivity contribution in [3.63, 3.8) is 0 Å². The van der Waals surface area contributed by atoms with E-state index < -0.39 is 29.6 Å². The minimum Gasteiger partial charge on any atom is -0.432 e. The summed E-state index contributed by atoms with van der Waals surface area (Å²) in [5.41, 5.74) is 1.56. The molecule has 3 aromatic rings. The van der Waals surface area contributed by atoms with Crippen LogP contribution in [0.1, 0.15) is 21.6 Å². The van der Waals surface area contributed by atoms with Gasteiger partial charge in [0.25, 0.3) is 11.5 Å². The van der Waals surface area contributed by atoms with Gasteiger partial charge in [0.05, 0.1) is 5.69 Å². The molecular weight excluding hydrogens is 375 g/mol. The van der Waals surface area contributed by atoms with E-state index >= 15 is 0 Å². The molecule has 3 rings (SSSR count). The lowest BCUT2D eigenvalue weighted by Gasteiger charge is -2.08. The molecule has 0 aliphatic carbocycles. The molecule has 0 saturated heterocycles. The number of hydrogen-bond donors (Lipinski definition) is 2. The van der Waals surface area contributed by atoms with Gasteiger partial charge in [0.15, 0.2) is 11.6 Å². The van der Waals surface area contributed by atoms with Crippen molar-refractivity contribution >= 4 is 5.91 Å². The summed E-state index contributed by atoms with van der Waals surface area (Å²) >= 11 is 0. The third-order valence-electron chi connectivity index (χ3n) is 3.92. The monoisotopic (exact) mass is 391 g/mol. The number of aryl methyl sites for hydroxylation is 1. The first kappa shape index (κ1) is 19.3. The number of hydrogen-bond acceptors (Lipinski definition) is 3. The van der Waals surface area contributed by atoms with Crippen LogP contribution in [0.2, 0.25) is 0 Å². The van der Waals surface area contributed by atoms with Crippen LogP contribution in [0, 0.1) is 12.7 Å². The van der Waals surface area contributed by atoms with E-state index in [1.54, 1.807) is 12.1 Å². The fraction of sp³-hybridized carbons (Fsp3) is 0.158. The van der Waals surface area contributed by atoms with Crippen LogP contribution in [0.15, 0.2) is 53.3 Å². The Labute approximate surface area is 157 Å². The summed E-state index contributed by atoms with van der Waals surface area (Å²) in [6.45, 7) is -1.29. The van der Waals surface area contributed by atoms with Gasteiger partial charge in [-0.15, -0.1) is 0 Å². The molecule has 2 aromatic carbocycles. The Bertz CT molecular complexity index is 1040. The van der Waals surface area contributed by atoms with Crippen LogP contribution in [0.25, 0.3) is 5.69 Å². The molecule has 9 heteroatoms. The number of ether oxygens (including phenoxy) is 1. The van der Waals surface area contributed by atoms with Crippen molar-refractivity contribution in [1.82, 2.24) is 15.1 Å². The number of nitrogens with one attached hydrogen (secondary N) is 2. The Morgan fingerprint density at radius 3 is 2.54 bits per heavy atom. The van der Waals surface area contributed by atoms with Crippen molar-refractivity contribution < 1.29 is 22.7 Å². The average Bonchev–Trinajstić information content (AvgIpc) is 3.04. The average molecular weight is 391 g/mol. The van der Waals surface area contributed by atoms with E-state index in [1.165, 1.54) is 10.7 Å². The number of aromatic nitrogens is 2. The predicted octanol–water partition coefficient (Wildman–Crippen LogP) is 3.14. The van der Waals surface area contributed by atoms with Gasteiger partial charge in [0.2, 0.25) is 0 Å². The van der Waals surface area contributed by atoms with E-state index in [-0.39, 0.29) is 12.2 Å². The molecule has 0 aliphatic heterocycles. The maximum absolute atomic E-state index is 13.7. The van der Waals surface area contributed by atoms with Gasteiger partial charge in [-0.25, -0.2) is 9.07 Å². The molecule has 146 valence electrons. The third kappa shape index (κ3) is 4.43. The lowest BCUT2D eigenvalue weighted by molar-refractivity contribution is -0.0522. The number of benzene rings is 2. The third-order valence-corrected chi connectivity index (χ3v) is 3.92. The van der Waals surface area contributed by atoms with E-state index in [2.05, 4.69) is 15.2 Å². The molecule has 0 fully saturated rings. The van der Waals surface area contributed by atoms with Gasteiger partial charge < -0.3 is 10.1 Å². The fourth-order valence-corrected chi connectivity index (χ4v) is 2.52. The largest absolute Gasteiger partial charge is 0.432 e. The Balaban J connectivity index is 1.69. The highest BCUT2D eigenvalue weighted by Gasteiger charge is 2.14. The van der Waals surface area contributed by atoms with Crippen molar-refractivity contribution in [2.45, 2.75) is 20.1 Å². The first-order valence-corrected chi connectivity index (χ1v) is 8.24. The van der Waals surface area contributed by atoms with Crippen molar-refractivity contribution in [2.75, 3.05) is 0 Å². The van der Waals surface area contributed by atoms with Crippen LogP contribution in [-0.4, -0.2) is 22.3 Å². The lowest BCUT2D eigenvalue weighted by atomic mass is 10.2. The number of halogens is 3. The van der Waals surface area contributed by atoms with Gasteiger partial charge in [0, 0.05) is 12.6 Å². The second kappa shape index (κ2) is 8.03. The predicted molar refractivity (Wildman–Crippen MR) is 95.3 cm³/mol. The van der Waals surface area contributed by atoms with Gasteiger partial charge in [-0.1, -0.05) is 23.8 Å². The van der Waals surface area contributed by atoms with E-state index in [4.69, 9.17) is 0 Å². The molecule has 0 unspecified atom stereocenters. The first-order valence-electron chi connectivity index (χ1n) is 8.24. The molecular formula is C19H16F3N3O3. The number of nitrogens with zero attached hydrogens (tertiary/aromatic N) is 1. The van der Waals surface area contributed by atoms with Crippen LogP contribution < -0.4 is 15.6 Å². The molecule has 1 heterocycles. The zero-order chi connectivity index (χ0) is 20.3. The van der Waals surface area contributed by atoms with Gasteiger partial charge in [0.1, 0.15) is 5.69 Å². The van der Waals surface area contributed by atoms with Crippen molar-refractivity contribution in [3.8, 4) is 11.4 Å². The number of carbonyl (C=O) groups excluding carboxylic acids is 1. The molecule has 0 atom stereocenters. The van der Waals surface area contributed by atoms with Crippen molar-refractivity contribution in [3.05, 3.63) is 81.5 Å². The quantitative estimate of drug-likeness (QED) is 0.678. The lowest BCUT2D eigenvalue weighted by Crippen LogP contribution is -2.23. The maximum atomic E-state index is 13.7. The van der Waals surface area contributed by atoms with E-state index in [1.807, 2.05) is 19.1 Å². The summed E-state index contributed by atoms with van der Waals surface area (Å²) in [6, 6.07) is 11.7. The molecule has 2 N–H and O–H groups in total. The summed E-state index contributed by atoms with van der Waals surface area (Å²) in [5, 5.41) is 5.24. The van der Waals surface area contributed by atoms with Gasteiger partial charge >= 0.3 is 6.61 Å². The number of amides is 1. The highest BCUT2D eigenvalue weighted by Crippen LogP contribution is 2.20. The second-order valence-corrected chi connectivity index (χ2v) is 6.00. The summed E-state index contributed by atoms with van der Waals surface area (Å²) in [6.07, 6.45) is 0. The molecule has 0 saturated carbocycles. The van der Waals surface area contributed by atoms with Crippen molar-refractivity contribution in [2.24, 2.45) is 0 Å². The molecule has 1 amide bonds. The molecule has 0 radical (unpaired) electrons. The molecule has 0 bridgehead atoms. The van der Waals surface area contributed by atoms with Crippen LogP contribution in [0.4, 0.5) is 13.2 Å². The summed E-state index contributed by atoms with van der Waals surface area (Å²) in [4.78, 5) is 24.4. The molecule has 0 spiro atoms. The Morgan fingerprint density at radius 2 is 1.89 bits per heavy atom. The maximum Gasteiger partial charge on any atom is 0.387 e. The highest BCUT2D eigenvalue weighted by molar-refractivity contribution is 5.92. The Hall–Kier alpha value is -3.49. The second-order valence-electron chi connectivity index (χ2n) is 6.00. The number of H-pyrrole nitrogens is 1. The van der Waals surface area contributed by atoms with E-state index in [9.17, 15) is 22.8 Å². The zero-order valence-electron chi connectivity index (χ0n) is 14.7. The minimum absolute atomic E-state index is 0.0312. The molecule has 1 aromatic heterocycles. The zero-order valence-corrected chi connectivity index (χ0v) is 14.7. The Morgan fingerprint density at radius 1 is 1.18 bits per heavy atom. The summed E-state index contributed by atoms with van der Waals surface area (Å²) < 4.78 is 43.2. The minimum atomic E-state index is -3.13. The van der Waals surface area contributed by atoms with Gasteiger partial charge in [-0.05, 0) is 36.8 Å². The van der Waals surface area contributed by atoms with Gasteiger partial charge in [-0.3, -0.25) is 14.7 Å². The van der Waals surface area contributed by atoms with Crippen LogP contribution in [-0.2, 0) is 6.54 Å². The number of carbonyl (C=O) groups is 1. The van der Waals surface area contributed by atoms with E-state index in [0.29, 0.717) is 11.3 Å². The van der Waals surface area contributed by atoms with Crippen LogP contribution in [0.3, 0.4) is 0 Å². The van der Waals surface area contributed by atoms with Crippen LogP contribution in [0.5, 0.6) is 5.75 Å². The smallest absolute Gasteiger partial charge is 0.387 e. The normalized spacial score (nSPS) is 10.9. The summed E-state index contributed by atoms with van der Waals surface area (Å²) in [5.74, 6) is -2.12. The number of aromatic amines is 1. The Kier molecular flexibility index (Phi) is 5.53. The first-order chi connectivity index (χ1) is 13.3. The standard InChI is InChI=1S/C19H16F3N3O3/c1-11-2-5-13(6-3-11)25-17(26)9-15(24-25)18(27)23-10-12-4-7-16(14(20)8-12)28-19(21)22/h2-9,19,24H,10H2,1H3,(H,23,27). The fourth-order valence-electron chi connectivity index (χ4n) is 2.52. The van der Waals surface area contributed by atoms with Gasteiger partial charge in [-0.2, -0.15) is 8.78 Å². The highest BCUT2D eigenvalue weighted by atomic mass is 19.3. The molecule has 0 aliphatic rings. The van der Waals surface area contributed by atoms with E-state index in [0.717, 1.165) is 23.8 Å². The molecule has 28 heavy (non-hydrogen) atoms. The SMILES string of the molecule is Cc1ccc(-n2[nH]c(C(=O)NCc3ccc(OC(F)F)c(F)c3)cc2=O)cc1. The summed E-state index contributed by atoms with van der Waals surface area (Å²) in [7, 11) is 0.